The van der Waals surface area contributed by atoms with Crippen LogP contribution in [-0.2, 0) is 10.9 Å². The molecular formula is C10H14F3N3OS. The number of anilines is 1. The zero-order chi connectivity index (χ0) is 13.2. The second-order valence-electron chi connectivity index (χ2n) is 4.30. The van der Waals surface area contributed by atoms with Gasteiger partial charge in [0.05, 0.1) is 0 Å². The Balaban J connectivity index is 1.94. The topological polar surface area (TPSA) is 47.0 Å². The highest BCUT2D eigenvalue weighted by Crippen LogP contribution is 2.30. The number of ether oxygens (including phenoxy) is 1. The Labute approximate surface area is 107 Å². The molecule has 0 aliphatic carbocycles. The van der Waals surface area contributed by atoms with E-state index in [1.165, 1.54) is 0 Å². The summed E-state index contributed by atoms with van der Waals surface area (Å²) in [6.45, 7) is 3.37. The van der Waals surface area contributed by atoms with E-state index < -0.39 is 12.0 Å². The zero-order valence-corrected chi connectivity index (χ0v) is 10.6. The van der Waals surface area contributed by atoms with Crippen molar-refractivity contribution < 1.29 is 17.9 Å². The molecule has 1 aliphatic heterocycles. The summed E-state index contributed by atoms with van der Waals surface area (Å²) < 4.78 is 45.5. The molecule has 8 heteroatoms. The molecule has 1 fully saturated rings. The van der Waals surface area contributed by atoms with Gasteiger partial charge in [-0.15, -0.1) is 0 Å². The Hall–Kier alpha value is -0.890. The zero-order valence-electron chi connectivity index (χ0n) is 9.83. The summed E-state index contributed by atoms with van der Waals surface area (Å²) in [5.41, 5.74) is 0. The minimum absolute atomic E-state index is 0.0722. The Morgan fingerprint density at radius 3 is 2.61 bits per heavy atom. The van der Waals surface area contributed by atoms with E-state index in [0.29, 0.717) is 19.1 Å². The first-order chi connectivity index (χ1) is 8.47. The SMILES string of the molecule is CC(Nc1nc(C(F)(F)F)ns1)C1CCOCC1. The fraction of sp³-hybridized carbons (Fsp3) is 0.800. The molecule has 0 bridgehead atoms. The normalized spacial score (nSPS) is 19.8. The molecule has 1 aromatic rings. The Bertz CT molecular complexity index is 390. The fourth-order valence-electron chi connectivity index (χ4n) is 1.93. The molecule has 2 heterocycles. The molecule has 0 radical (unpaired) electrons. The number of hydrogen-bond acceptors (Lipinski definition) is 5. The summed E-state index contributed by atoms with van der Waals surface area (Å²) in [6.07, 6.45) is -2.64. The lowest BCUT2D eigenvalue weighted by atomic mass is 9.93. The van der Waals surface area contributed by atoms with Crippen molar-refractivity contribution in [3.8, 4) is 0 Å². The average molecular weight is 281 g/mol. The van der Waals surface area contributed by atoms with E-state index in [2.05, 4.69) is 14.7 Å². The number of nitrogens with zero attached hydrogens (tertiary/aromatic N) is 2. The lowest BCUT2D eigenvalue weighted by Gasteiger charge is -2.28. The van der Waals surface area contributed by atoms with E-state index in [9.17, 15) is 13.2 Å². The van der Waals surface area contributed by atoms with Gasteiger partial charge < -0.3 is 10.1 Å². The largest absolute Gasteiger partial charge is 0.452 e. The fourth-order valence-corrected chi connectivity index (χ4v) is 2.61. The van der Waals surface area contributed by atoms with Crippen LogP contribution in [0.25, 0.3) is 0 Å². The van der Waals surface area contributed by atoms with Crippen LogP contribution < -0.4 is 5.32 Å². The molecule has 4 nitrogen and oxygen atoms in total. The van der Waals surface area contributed by atoms with Crippen LogP contribution >= 0.6 is 11.5 Å². The quantitative estimate of drug-likeness (QED) is 0.925. The smallest absolute Gasteiger partial charge is 0.381 e. The van der Waals surface area contributed by atoms with Crippen LogP contribution in [0.15, 0.2) is 0 Å². The first-order valence-corrected chi connectivity index (χ1v) is 6.49. The molecule has 1 saturated heterocycles. The van der Waals surface area contributed by atoms with Gasteiger partial charge in [0.25, 0.3) is 0 Å². The van der Waals surface area contributed by atoms with Gasteiger partial charge in [0.1, 0.15) is 0 Å². The molecule has 1 atom stereocenters. The van der Waals surface area contributed by atoms with Gasteiger partial charge in [-0.05, 0) is 25.7 Å². The Morgan fingerprint density at radius 2 is 2.06 bits per heavy atom. The molecule has 2 rings (SSSR count). The number of halogens is 3. The lowest BCUT2D eigenvalue weighted by Crippen LogP contribution is -2.30. The predicted molar refractivity (Wildman–Crippen MR) is 61.5 cm³/mol. The highest BCUT2D eigenvalue weighted by atomic mass is 32.1. The molecule has 1 N–H and O–H groups in total. The minimum atomic E-state index is -4.47. The molecule has 0 aromatic carbocycles. The highest BCUT2D eigenvalue weighted by molar-refractivity contribution is 7.09. The molecule has 1 aromatic heterocycles. The van der Waals surface area contributed by atoms with Gasteiger partial charge in [-0.1, -0.05) is 0 Å². The van der Waals surface area contributed by atoms with Crippen molar-refractivity contribution in [1.29, 1.82) is 0 Å². The van der Waals surface area contributed by atoms with Gasteiger partial charge >= 0.3 is 6.18 Å². The van der Waals surface area contributed by atoms with Gasteiger partial charge in [0, 0.05) is 30.8 Å². The van der Waals surface area contributed by atoms with Crippen LogP contribution in [0.4, 0.5) is 18.3 Å². The first kappa shape index (κ1) is 13.5. The highest BCUT2D eigenvalue weighted by Gasteiger charge is 2.36. The lowest BCUT2D eigenvalue weighted by molar-refractivity contribution is -0.144. The molecule has 1 aliphatic rings. The maximum atomic E-state index is 12.3. The molecule has 0 saturated carbocycles. The van der Waals surface area contributed by atoms with Crippen molar-refractivity contribution >= 4 is 16.7 Å². The molecule has 0 amide bonds. The second-order valence-corrected chi connectivity index (χ2v) is 5.06. The molecule has 102 valence electrons. The summed E-state index contributed by atoms with van der Waals surface area (Å²) in [6, 6.07) is 0.0722. The third kappa shape index (κ3) is 3.32. The molecule has 18 heavy (non-hydrogen) atoms. The minimum Gasteiger partial charge on any atom is -0.381 e. The van der Waals surface area contributed by atoms with Gasteiger partial charge in [-0.25, -0.2) is 0 Å². The third-order valence-corrected chi connectivity index (χ3v) is 3.65. The summed E-state index contributed by atoms with van der Waals surface area (Å²) in [5, 5.41) is 3.22. The second kappa shape index (κ2) is 5.40. The van der Waals surface area contributed by atoms with E-state index >= 15 is 0 Å². The van der Waals surface area contributed by atoms with Crippen LogP contribution in [0, 0.1) is 5.92 Å². The van der Waals surface area contributed by atoms with E-state index in [4.69, 9.17) is 4.74 Å². The summed E-state index contributed by atoms with van der Waals surface area (Å²) >= 11 is 0.745. The van der Waals surface area contributed by atoms with Gasteiger partial charge in [-0.2, -0.15) is 22.5 Å². The summed E-state index contributed by atoms with van der Waals surface area (Å²) in [4.78, 5) is 3.46. The first-order valence-electron chi connectivity index (χ1n) is 5.72. The number of alkyl halides is 3. The van der Waals surface area contributed by atoms with E-state index in [1.807, 2.05) is 6.92 Å². The van der Waals surface area contributed by atoms with Crippen molar-refractivity contribution in [3.05, 3.63) is 5.82 Å². The van der Waals surface area contributed by atoms with Crippen molar-refractivity contribution in [2.45, 2.75) is 32.0 Å². The van der Waals surface area contributed by atoms with Gasteiger partial charge in [0.2, 0.25) is 11.0 Å². The van der Waals surface area contributed by atoms with Crippen molar-refractivity contribution in [3.63, 3.8) is 0 Å². The summed E-state index contributed by atoms with van der Waals surface area (Å²) in [7, 11) is 0. The van der Waals surface area contributed by atoms with E-state index in [0.717, 1.165) is 24.4 Å². The molecule has 0 spiro atoms. The summed E-state index contributed by atoms with van der Waals surface area (Å²) in [5.74, 6) is -0.675. The average Bonchev–Trinajstić information content (AvgIpc) is 2.78. The number of nitrogens with one attached hydrogen (secondary N) is 1. The van der Waals surface area contributed by atoms with Crippen molar-refractivity contribution in [1.82, 2.24) is 9.36 Å². The number of aromatic nitrogens is 2. The van der Waals surface area contributed by atoms with Crippen LogP contribution in [0.2, 0.25) is 0 Å². The maximum absolute atomic E-state index is 12.3. The van der Waals surface area contributed by atoms with Crippen molar-refractivity contribution in [2.24, 2.45) is 5.92 Å². The van der Waals surface area contributed by atoms with Gasteiger partial charge in [0.15, 0.2) is 0 Å². The maximum Gasteiger partial charge on any atom is 0.452 e. The van der Waals surface area contributed by atoms with E-state index in [-0.39, 0.29) is 11.2 Å². The third-order valence-electron chi connectivity index (χ3n) is 3.00. The van der Waals surface area contributed by atoms with Crippen molar-refractivity contribution in [2.75, 3.05) is 18.5 Å². The van der Waals surface area contributed by atoms with Gasteiger partial charge in [-0.3, -0.25) is 0 Å². The van der Waals surface area contributed by atoms with Crippen LogP contribution in [-0.4, -0.2) is 28.6 Å². The van der Waals surface area contributed by atoms with E-state index in [1.54, 1.807) is 0 Å². The standard InChI is InChI=1S/C10H14F3N3OS/c1-6(7-2-4-17-5-3-7)14-9-15-8(16-18-9)10(11,12)13/h6-7H,2-5H2,1H3,(H,14,15,16). The Kier molecular flexibility index (Phi) is 4.06. The van der Waals surface area contributed by atoms with Crippen LogP contribution in [0.1, 0.15) is 25.6 Å². The monoisotopic (exact) mass is 281 g/mol. The molecular weight excluding hydrogens is 267 g/mol. The molecule has 1 unspecified atom stereocenters. The number of rotatable bonds is 3. The number of hydrogen-bond donors (Lipinski definition) is 1. The van der Waals surface area contributed by atoms with Crippen LogP contribution in [0.5, 0.6) is 0 Å². The van der Waals surface area contributed by atoms with Crippen LogP contribution in [0.3, 0.4) is 0 Å². The predicted octanol–water partition coefficient (Wildman–Crippen LogP) is 2.78. The Morgan fingerprint density at radius 1 is 1.39 bits per heavy atom.